The lowest BCUT2D eigenvalue weighted by Crippen LogP contribution is -2.44. The first-order valence-electron chi connectivity index (χ1n) is 8.22. The highest BCUT2D eigenvalue weighted by atomic mass is 16.5. The number of amides is 1. The van der Waals surface area contributed by atoms with Crippen molar-refractivity contribution in [3.8, 4) is 0 Å². The van der Waals surface area contributed by atoms with Gasteiger partial charge in [-0.2, -0.15) is 0 Å². The highest BCUT2D eigenvalue weighted by molar-refractivity contribution is 6.05. The standard InChI is InChI=1S/C18H23NO5/c1-2-24-17(23)18(10-11-18)16(22)19-14(8-9-15(20)21)12-13-6-4-3-5-7-13/h3-7,14H,2,8-12H2,1H3,(H,19,22)(H,20,21). The second-order valence-electron chi connectivity index (χ2n) is 6.10. The summed E-state index contributed by atoms with van der Waals surface area (Å²) in [4.78, 5) is 35.4. The lowest BCUT2D eigenvalue weighted by Gasteiger charge is -2.21. The molecular weight excluding hydrogens is 310 g/mol. The molecule has 24 heavy (non-hydrogen) atoms. The van der Waals surface area contributed by atoms with Gasteiger partial charge in [-0.1, -0.05) is 30.3 Å². The van der Waals surface area contributed by atoms with E-state index in [1.807, 2.05) is 30.3 Å². The van der Waals surface area contributed by atoms with Gasteiger partial charge in [-0.05, 0) is 38.2 Å². The van der Waals surface area contributed by atoms with E-state index in [9.17, 15) is 14.4 Å². The van der Waals surface area contributed by atoms with Crippen LogP contribution in [0.5, 0.6) is 0 Å². The smallest absolute Gasteiger partial charge is 0.321 e. The van der Waals surface area contributed by atoms with E-state index in [2.05, 4.69) is 5.32 Å². The minimum absolute atomic E-state index is 0.0375. The van der Waals surface area contributed by atoms with E-state index in [1.165, 1.54) is 0 Å². The Hall–Kier alpha value is -2.37. The molecule has 1 aliphatic carbocycles. The molecule has 1 fully saturated rings. The van der Waals surface area contributed by atoms with E-state index >= 15 is 0 Å². The summed E-state index contributed by atoms with van der Waals surface area (Å²) in [6, 6.07) is 9.21. The van der Waals surface area contributed by atoms with Crippen molar-refractivity contribution in [3.05, 3.63) is 35.9 Å². The fourth-order valence-electron chi connectivity index (χ4n) is 2.66. The summed E-state index contributed by atoms with van der Waals surface area (Å²) < 4.78 is 4.99. The van der Waals surface area contributed by atoms with Crippen LogP contribution >= 0.6 is 0 Å². The molecule has 6 heteroatoms. The molecule has 1 saturated carbocycles. The molecule has 0 radical (unpaired) electrons. The van der Waals surface area contributed by atoms with Gasteiger partial charge in [-0.15, -0.1) is 0 Å². The normalized spacial score (nSPS) is 16.0. The Morgan fingerprint density at radius 3 is 2.46 bits per heavy atom. The van der Waals surface area contributed by atoms with Crippen molar-refractivity contribution in [1.82, 2.24) is 5.32 Å². The fraction of sp³-hybridized carbons (Fsp3) is 0.500. The van der Waals surface area contributed by atoms with E-state index in [0.29, 0.717) is 25.7 Å². The van der Waals surface area contributed by atoms with Gasteiger partial charge in [-0.25, -0.2) is 0 Å². The number of aliphatic carboxylic acids is 1. The molecule has 1 atom stereocenters. The molecule has 6 nitrogen and oxygen atoms in total. The van der Waals surface area contributed by atoms with E-state index in [0.717, 1.165) is 5.56 Å². The molecule has 1 unspecified atom stereocenters. The number of carbonyl (C=O) groups excluding carboxylic acids is 2. The maximum Gasteiger partial charge on any atom is 0.321 e. The summed E-state index contributed by atoms with van der Waals surface area (Å²) in [6.45, 7) is 1.94. The average molecular weight is 333 g/mol. The summed E-state index contributed by atoms with van der Waals surface area (Å²) >= 11 is 0. The molecule has 0 heterocycles. The lowest BCUT2D eigenvalue weighted by atomic mass is 9.99. The van der Waals surface area contributed by atoms with Gasteiger partial charge in [0.1, 0.15) is 5.41 Å². The predicted molar refractivity (Wildman–Crippen MR) is 87.2 cm³/mol. The summed E-state index contributed by atoms with van der Waals surface area (Å²) in [5.74, 6) is -1.75. The van der Waals surface area contributed by atoms with Crippen LogP contribution in [0, 0.1) is 5.41 Å². The maximum absolute atomic E-state index is 12.5. The van der Waals surface area contributed by atoms with Crippen LogP contribution in [0.15, 0.2) is 30.3 Å². The Morgan fingerprint density at radius 1 is 1.25 bits per heavy atom. The van der Waals surface area contributed by atoms with Gasteiger partial charge in [0.2, 0.25) is 5.91 Å². The Kier molecular flexibility index (Phi) is 5.95. The number of carbonyl (C=O) groups is 3. The summed E-state index contributed by atoms with van der Waals surface area (Å²) in [5, 5.41) is 11.8. The molecule has 0 aliphatic heterocycles. The van der Waals surface area contributed by atoms with Gasteiger partial charge in [-0.3, -0.25) is 14.4 Å². The van der Waals surface area contributed by atoms with Crippen molar-refractivity contribution in [2.45, 2.75) is 45.1 Å². The Bertz CT molecular complexity index is 595. The SMILES string of the molecule is CCOC(=O)C1(C(=O)NC(CCC(=O)O)Cc2ccccc2)CC1. The van der Waals surface area contributed by atoms with E-state index in [1.54, 1.807) is 6.92 Å². The zero-order chi connectivity index (χ0) is 17.6. The van der Waals surface area contributed by atoms with E-state index in [-0.39, 0.29) is 25.0 Å². The van der Waals surface area contributed by atoms with Crippen LogP contribution in [-0.4, -0.2) is 35.6 Å². The van der Waals surface area contributed by atoms with Crippen LogP contribution < -0.4 is 5.32 Å². The van der Waals surface area contributed by atoms with Crippen molar-refractivity contribution in [1.29, 1.82) is 0 Å². The molecule has 0 saturated heterocycles. The number of esters is 1. The monoisotopic (exact) mass is 333 g/mol. The zero-order valence-electron chi connectivity index (χ0n) is 13.8. The number of carboxylic acids is 1. The third-order valence-electron chi connectivity index (χ3n) is 4.22. The van der Waals surface area contributed by atoms with Crippen molar-refractivity contribution in [2.24, 2.45) is 5.41 Å². The van der Waals surface area contributed by atoms with Gasteiger partial charge in [0.25, 0.3) is 0 Å². The van der Waals surface area contributed by atoms with Crippen molar-refractivity contribution in [3.63, 3.8) is 0 Å². The molecule has 1 aromatic carbocycles. The molecule has 0 spiro atoms. The highest BCUT2D eigenvalue weighted by Gasteiger charge is 2.58. The van der Waals surface area contributed by atoms with E-state index in [4.69, 9.17) is 9.84 Å². The number of rotatable bonds is 9. The van der Waals surface area contributed by atoms with Crippen LogP contribution in [0.2, 0.25) is 0 Å². The minimum atomic E-state index is -1.08. The first kappa shape index (κ1) is 18.0. The van der Waals surface area contributed by atoms with Crippen LogP contribution in [0.1, 0.15) is 38.2 Å². The quantitative estimate of drug-likeness (QED) is 0.532. The van der Waals surface area contributed by atoms with Gasteiger partial charge in [0.15, 0.2) is 0 Å². The van der Waals surface area contributed by atoms with Crippen LogP contribution in [0.4, 0.5) is 0 Å². The minimum Gasteiger partial charge on any atom is -0.481 e. The van der Waals surface area contributed by atoms with Crippen LogP contribution in [0.3, 0.4) is 0 Å². The van der Waals surface area contributed by atoms with Crippen LogP contribution in [-0.2, 0) is 25.5 Å². The molecule has 2 rings (SSSR count). The van der Waals surface area contributed by atoms with Gasteiger partial charge >= 0.3 is 11.9 Å². The second-order valence-corrected chi connectivity index (χ2v) is 6.10. The van der Waals surface area contributed by atoms with E-state index < -0.39 is 17.4 Å². The molecule has 1 amide bonds. The second kappa shape index (κ2) is 7.95. The third kappa shape index (κ3) is 4.57. The van der Waals surface area contributed by atoms with Crippen molar-refractivity contribution >= 4 is 17.8 Å². The fourth-order valence-corrected chi connectivity index (χ4v) is 2.66. The molecule has 1 aromatic rings. The largest absolute Gasteiger partial charge is 0.481 e. The molecular formula is C18H23NO5. The average Bonchev–Trinajstić information content (AvgIpc) is 3.35. The predicted octanol–water partition coefficient (Wildman–Crippen LogP) is 1.92. The maximum atomic E-state index is 12.5. The Morgan fingerprint density at radius 2 is 1.92 bits per heavy atom. The highest BCUT2D eigenvalue weighted by Crippen LogP contribution is 2.47. The zero-order valence-corrected chi connectivity index (χ0v) is 13.8. The van der Waals surface area contributed by atoms with Gasteiger partial charge < -0.3 is 15.2 Å². The molecule has 2 N–H and O–H groups in total. The summed E-state index contributed by atoms with van der Waals surface area (Å²) in [5.41, 5.74) is -0.0667. The van der Waals surface area contributed by atoms with Crippen molar-refractivity contribution < 1.29 is 24.2 Å². The Labute approximate surface area is 141 Å². The third-order valence-corrected chi connectivity index (χ3v) is 4.22. The first-order chi connectivity index (χ1) is 11.5. The lowest BCUT2D eigenvalue weighted by molar-refractivity contribution is -0.154. The number of hydrogen-bond donors (Lipinski definition) is 2. The number of ether oxygens (including phenoxy) is 1. The number of carboxylic acid groups (broad SMARTS) is 1. The van der Waals surface area contributed by atoms with Crippen LogP contribution in [0.25, 0.3) is 0 Å². The summed E-state index contributed by atoms with van der Waals surface area (Å²) in [6.07, 6.45) is 1.77. The van der Waals surface area contributed by atoms with Gasteiger partial charge in [0.05, 0.1) is 6.61 Å². The first-order valence-corrected chi connectivity index (χ1v) is 8.22. The molecule has 1 aliphatic rings. The van der Waals surface area contributed by atoms with Crippen molar-refractivity contribution in [2.75, 3.05) is 6.61 Å². The Balaban J connectivity index is 2.02. The topological polar surface area (TPSA) is 92.7 Å². The number of nitrogens with one attached hydrogen (secondary N) is 1. The number of benzene rings is 1. The molecule has 0 aromatic heterocycles. The molecule has 130 valence electrons. The summed E-state index contributed by atoms with van der Waals surface area (Å²) in [7, 11) is 0. The van der Waals surface area contributed by atoms with Gasteiger partial charge in [0, 0.05) is 12.5 Å². The number of hydrogen-bond acceptors (Lipinski definition) is 4. The molecule has 0 bridgehead atoms.